The molecule has 0 aromatic heterocycles. The standard InChI is InChI=1S/C18H21NO2/c1-2-12-21-17-11-7-6-10-15(17)18(20)16(13-19)14-8-4-3-5-9-14/h3-11,16H,2,12-13,19H2,1H3. The fraction of sp³-hybridized carbons (Fsp3) is 0.278. The molecule has 3 nitrogen and oxygen atoms in total. The minimum Gasteiger partial charge on any atom is -0.493 e. The van der Waals surface area contributed by atoms with Crippen LogP contribution in [0.4, 0.5) is 0 Å². The quantitative estimate of drug-likeness (QED) is 0.792. The number of carbonyl (C=O) groups is 1. The summed E-state index contributed by atoms with van der Waals surface area (Å²) in [5.41, 5.74) is 7.37. The number of hydrogen-bond acceptors (Lipinski definition) is 3. The highest BCUT2D eigenvalue weighted by molar-refractivity contribution is 6.03. The van der Waals surface area contributed by atoms with E-state index in [4.69, 9.17) is 10.5 Å². The predicted molar refractivity (Wildman–Crippen MR) is 84.8 cm³/mol. The van der Waals surface area contributed by atoms with Crippen molar-refractivity contribution < 1.29 is 9.53 Å². The van der Waals surface area contributed by atoms with Crippen molar-refractivity contribution >= 4 is 5.78 Å². The third kappa shape index (κ3) is 3.70. The summed E-state index contributed by atoms with van der Waals surface area (Å²) in [6, 6.07) is 17.0. The van der Waals surface area contributed by atoms with E-state index in [0.717, 1.165) is 12.0 Å². The van der Waals surface area contributed by atoms with Crippen molar-refractivity contribution in [1.29, 1.82) is 0 Å². The third-order valence-electron chi connectivity index (χ3n) is 3.37. The maximum Gasteiger partial charge on any atom is 0.175 e. The molecule has 21 heavy (non-hydrogen) atoms. The van der Waals surface area contributed by atoms with Gasteiger partial charge < -0.3 is 10.5 Å². The van der Waals surface area contributed by atoms with E-state index in [1.165, 1.54) is 0 Å². The number of nitrogens with two attached hydrogens (primary N) is 1. The van der Waals surface area contributed by atoms with Gasteiger partial charge in [-0.05, 0) is 24.1 Å². The Morgan fingerprint density at radius 3 is 2.43 bits per heavy atom. The number of benzene rings is 2. The van der Waals surface area contributed by atoms with Gasteiger partial charge in [0.25, 0.3) is 0 Å². The van der Waals surface area contributed by atoms with Crippen LogP contribution in [0, 0.1) is 0 Å². The first-order valence-electron chi connectivity index (χ1n) is 7.29. The van der Waals surface area contributed by atoms with E-state index in [0.29, 0.717) is 17.9 Å². The molecule has 0 fully saturated rings. The zero-order valence-corrected chi connectivity index (χ0v) is 12.3. The minimum absolute atomic E-state index is 0.00963. The monoisotopic (exact) mass is 283 g/mol. The number of para-hydroxylation sites is 1. The Kier molecular flexibility index (Phi) is 5.52. The number of carbonyl (C=O) groups excluding carboxylic acids is 1. The average Bonchev–Trinajstić information content (AvgIpc) is 2.55. The minimum atomic E-state index is -0.336. The first-order valence-corrected chi connectivity index (χ1v) is 7.29. The van der Waals surface area contributed by atoms with E-state index in [9.17, 15) is 4.79 Å². The van der Waals surface area contributed by atoms with Gasteiger partial charge >= 0.3 is 0 Å². The van der Waals surface area contributed by atoms with Crippen LogP contribution in [0.1, 0.15) is 35.2 Å². The maximum absolute atomic E-state index is 12.8. The number of ether oxygens (including phenoxy) is 1. The molecule has 0 spiro atoms. The molecule has 0 saturated heterocycles. The van der Waals surface area contributed by atoms with Crippen LogP contribution in [0.5, 0.6) is 5.75 Å². The van der Waals surface area contributed by atoms with Crippen LogP contribution in [0.2, 0.25) is 0 Å². The lowest BCUT2D eigenvalue weighted by Gasteiger charge is -2.16. The van der Waals surface area contributed by atoms with Crippen LogP contribution in [-0.4, -0.2) is 18.9 Å². The van der Waals surface area contributed by atoms with Gasteiger partial charge in [-0.15, -0.1) is 0 Å². The smallest absolute Gasteiger partial charge is 0.175 e. The van der Waals surface area contributed by atoms with Gasteiger partial charge in [-0.25, -0.2) is 0 Å². The first-order chi connectivity index (χ1) is 10.3. The van der Waals surface area contributed by atoms with Crippen LogP contribution >= 0.6 is 0 Å². The van der Waals surface area contributed by atoms with Crippen molar-refractivity contribution in [3.05, 3.63) is 65.7 Å². The second kappa shape index (κ2) is 7.60. The van der Waals surface area contributed by atoms with Crippen LogP contribution < -0.4 is 10.5 Å². The summed E-state index contributed by atoms with van der Waals surface area (Å²) in [4.78, 5) is 12.8. The van der Waals surface area contributed by atoms with Crippen LogP contribution in [0.25, 0.3) is 0 Å². The van der Waals surface area contributed by atoms with Crippen molar-refractivity contribution in [3.8, 4) is 5.75 Å². The van der Waals surface area contributed by atoms with Crippen LogP contribution in [0.3, 0.4) is 0 Å². The molecule has 0 bridgehead atoms. The molecule has 2 rings (SSSR count). The van der Waals surface area contributed by atoms with Gasteiger partial charge in [-0.2, -0.15) is 0 Å². The normalized spacial score (nSPS) is 11.9. The summed E-state index contributed by atoms with van der Waals surface area (Å²) in [7, 11) is 0. The Balaban J connectivity index is 2.30. The van der Waals surface area contributed by atoms with Crippen molar-refractivity contribution in [2.45, 2.75) is 19.3 Å². The summed E-state index contributed by atoms with van der Waals surface area (Å²) in [5, 5.41) is 0. The summed E-state index contributed by atoms with van der Waals surface area (Å²) in [6.07, 6.45) is 0.904. The van der Waals surface area contributed by atoms with Crippen LogP contribution in [-0.2, 0) is 0 Å². The highest BCUT2D eigenvalue weighted by Crippen LogP contribution is 2.26. The fourth-order valence-electron chi connectivity index (χ4n) is 2.28. The molecule has 1 atom stereocenters. The maximum atomic E-state index is 12.8. The lowest BCUT2D eigenvalue weighted by Crippen LogP contribution is -2.22. The van der Waals surface area contributed by atoms with E-state index < -0.39 is 0 Å². The molecule has 1 unspecified atom stereocenters. The van der Waals surface area contributed by atoms with E-state index in [1.54, 1.807) is 6.07 Å². The number of rotatable bonds is 7. The molecule has 2 aromatic carbocycles. The summed E-state index contributed by atoms with van der Waals surface area (Å²) < 4.78 is 5.68. The lowest BCUT2D eigenvalue weighted by atomic mass is 9.90. The second-order valence-corrected chi connectivity index (χ2v) is 4.91. The molecule has 0 heterocycles. The van der Waals surface area contributed by atoms with Gasteiger partial charge in [-0.3, -0.25) is 4.79 Å². The molecule has 0 aliphatic heterocycles. The van der Waals surface area contributed by atoms with E-state index >= 15 is 0 Å². The predicted octanol–water partition coefficient (Wildman–Crippen LogP) is 3.40. The first kappa shape index (κ1) is 15.3. The van der Waals surface area contributed by atoms with Gasteiger partial charge in [-0.1, -0.05) is 49.4 Å². The van der Waals surface area contributed by atoms with Crippen molar-refractivity contribution in [2.24, 2.45) is 5.73 Å². The van der Waals surface area contributed by atoms with Crippen molar-refractivity contribution in [1.82, 2.24) is 0 Å². The molecule has 2 N–H and O–H groups in total. The lowest BCUT2D eigenvalue weighted by molar-refractivity contribution is 0.0958. The topological polar surface area (TPSA) is 52.3 Å². The summed E-state index contributed by atoms with van der Waals surface area (Å²) in [6.45, 7) is 2.92. The van der Waals surface area contributed by atoms with E-state index in [1.807, 2.05) is 55.5 Å². The molecular weight excluding hydrogens is 262 g/mol. The van der Waals surface area contributed by atoms with Gasteiger partial charge in [0.15, 0.2) is 5.78 Å². The Morgan fingerprint density at radius 1 is 1.10 bits per heavy atom. The molecule has 0 aliphatic carbocycles. The average molecular weight is 283 g/mol. The molecule has 3 heteroatoms. The molecule has 0 saturated carbocycles. The largest absolute Gasteiger partial charge is 0.493 e. The fourth-order valence-corrected chi connectivity index (χ4v) is 2.28. The molecule has 0 amide bonds. The Labute approximate surface area is 125 Å². The highest BCUT2D eigenvalue weighted by atomic mass is 16.5. The Hall–Kier alpha value is -2.13. The second-order valence-electron chi connectivity index (χ2n) is 4.91. The van der Waals surface area contributed by atoms with Gasteiger partial charge in [0.1, 0.15) is 5.75 Å². The van der Waals surface area contributed by atoms with Gasteiger partial charge in [0, 0.05) is 6.54 Å². The number of hydrogen-bond donors (Lipinski definition) is 1. The van der Waals surface area contributed by atoms with Gasteiger partial charge in [0.05, 0.1) is 18.1 Å². The van der Waals surface area contributed by atoms with Crippen molar-refractivity contribution in [3.63, 3.8) is 0 Å². The van der Waals surface area contributed by atoms with E-state index in [-0.39, 0.29) is 18.2 Å². The molecular formula is C18H21NO2. The zero-order chi connectivity index (χ0) is 15.1. The molecule has 2 aromatic rings. The molecule has 0 radical (unpaired) electrons. The van der Waals surface area contributed by atoms with Gasteiger partial charge in [0.2, 0.25) is 0 Å². The van der Waals surface area contributed by atoms with Crippen LogP contribution in [0.15, 0.2) is 54.6 Å². The number of ketones is 1. The zero-order valence-electron chi connectivity index (χ0n) is 12.3. The third-order valence-corrected chi connectivity index (χ3v) is 3.37. The SMILES string of the molecule is CCCOc1ccccc1C(=O)C(CN)c1ccccc1. The molecule has 0 aliphatic rings. The summed E-state index contributed by atoms with van der Waals surface area (Å²) >= 11 is 0. The molecule has 110 valence electrons. The Morgan fingerprint density at radius 2 is 1.76 bits per heavy atom. The Bertz CT molecular complexity index is 581. The van der Waals surface area contributed by atoms with E-state index in [2.05, 4.69) is 0 Å². The highest BCUT2D eigenvalue weighted by Gasteiger charge is 2.23. The summed E-state index contributed by atoms with van der Waals surface area (Å²) in [5.74, 6) is 0.312. The van der Waals surface area contributed by atoms with Crippen molar-refractivity contribution in [2.75, 3.05) is 13.2 Å². The number of Topliss-reactive ketones (excluding diaryl/α,β-unsaturated/α-hetero) is 1.